The van der Waals surface area contributed by atoms with E-state index in [2.05, 4.69) is 27.1 Å². The quantitative estimate of drug-likeness (QED) is 0.170. The number of fused-ring (bicyclic) bond motifs is 5. The number of hydrogen-bond donors (Lipinski definition) is 0. The maximum atomic E-state index is 8.79. The molecule has 3 aromatic carbocycles. The van der Waals surface area contributed by atoms with Gasteiger partial charge in [0.25, 0.3) is 0 Å². The molecule has 0 amide bonds. The van der Waals surface area contributed by atoms with Gasteiger partial charge in [-0.1, -0.05) is 67.6 Å². The summed E-state index contributed by atoms with van der Waals surface area (Å²) in [6, 6.07) is 31.2. The maximum absolute atomic E-state index is 8.79. The van der Waals surface area contributed by atoms with Crippen LogP contribution < -0.4 is 0 Å². The Morgan fingerprint density at radius 1 is 0.810 bits per heavy atom. The van der Waals surface area contributed by atoms with E-state index >= 15 is 0 Å². The van der Waals surface area contributed by atoms with Gasteiger partial charge in [0.05, 0.1) is 5.58 Å². The Labute approximate surface area is 267 Å². The van der Waals surface area contributed by atoms with Gasteiger partial charge in [-0.25, -0.2) is 0 Å². The second kappa shape index (κ2) is 12.4. The Balaban J connectivity index is 0.000000280. The summed E-state index contributed by atoms with van der Waals surface area (Å²) >= 11 is 0. The molecule has 4 heterocycles. The number of aryl methyl sites for hydroxylation is 1. The minimum absolute atomic E-state index is 0. The van der Waals surface area contributed by atoms with Gasteiger partial charge in [0.15, 0.2) is 0 Å². The van der Waals surface area contributed by atoms with Gasteiger partial charge in [-0.2, -0.15) is 0 Å². The van der Waals surface area contributed by atoms with Crippen molar-refractivity contribution >= 4 is 32.7 Å². The van der Waals surface area contributed by atoms with Gasteiger partial charge in [0.1, 0.15) is 5.58 Å². The Morgan fingerprint density at radius 2 is 1.67 bits per heavy atom. The molecule has 4 aromatic heterocycles. The summed E-state index contributed by atoms with van der Waals surface area (Å²) in [5.74, 6) is 0. The molecule has 211 valence electrons. The van der Waals surface area contributed by atoms with Gasteiger partial charge >= 0.3 is 0 Å². The van der Waals surface area contributed by atoms with Crippen molar-refractivity contribution in [2.75, 3.05) is 0 Å². The third-order valence-corrected chi connectivity index (χ3v) is 6.54. The van der Waals surface area contributed by atoms with Crippen LogP contribution in [0.4, 0.5) is 0 Å². The topological polar surface area (TPSA) is 51.8 Å². The van der Waals surface area contributed by atoms with Crippen LogP contribution in [-0.4, -0.2) is 15.0 Å². The molecular weight excluding hydrogens is 695 g/mol. The number of hydrogen-bond acceptors (Lipinski definition) is 4. The van der Waals surface area contributed by atoms with E-state index in [1.54, 1.807) is 45.4 Å². The zero-order valence-electron chi connectivity index (χ0n) is 28.4. The number of furan rings is 1. The van der Waals surface area contributed by atoms with Gasteiger partial charge in [-0.3, -0.25) is 4.98 Å². The normalized spacial score (nSPS) is 13.6. The van der Waals surface area contributed by atoms with Crippen LogP contribution in [0.25, 0.3) is 55.2 Å². The molecule has 4 nitrogen and oxygen atoms in total. The van der Waals surface area contributed by atoms with Crippen LogP contribution in [-0.2, 0) is 26.5 Å². The SMILES string of the molecule is [2H]C([2H])([2H])c1cnc(-c2[c-]ccc3c2oc2c4cnccc4ccc32)cc1C([2H])([2H])C(C)(C)C.[Ir].[c-]1ccccc1-c1ccccn1. The Morgan fingerprint density at radius 3 is 2.43 bits per heavy atom. The summed E-state index contributed by atoms with van der Waals surface area (Å²) in [6.45, 7) is 2.76. The summed E-state index contributed by atoms with van der Waals surface area (Å²) < 4.78 is 47.7. The summed E-state index contributed by atoms with van der Waals surface area (Å²) in [7, 11) is 0. The number of nitrogens with zero attached hydrogens (tertiary/aromatic N) is 3. The van der Waals surface area contributed by atoms with Crippen LogP contribution in [0.1, 0.15) is 38.8 Å². The summed E-state index contributed by atoms with van der Waals surface area (Å²) in [6.07, 6.45) is 4.63. The molecule has 1 radical (unpaired) electrons. The summed E-state index contributed by atoms with van der Waals surface area (Å²) in [5.41, 5.74) is 3.39. The second-order valence-electron chi connectivity index (χ2n) is 10.7. The first-order valence-electron chi connectivity index (χ1n) is 15.9. The molecule has 5 heteroatoms. The van der Waals surface area contributed by atoms with Crippen molar-refractivity contribution in [2.24, 2.45) is 5.41 Å². The molecule has 42 heavy (non-hydrogen) atoms. The third-order valence-electron chi connectivity index (χ3n) is 6.54. The molecule has 0 fully saturated rings. The van der Waals surface area contributed by atoms with Crippen molar-refractivity contribution in [1.82, 2.24) is 15.0 Å². The van der Waals surface area contributed by atoms with E-state index in [1.165, 1.54) is 12.3 Å². The van der Waals surface area contributed by atoms with Crippen molar-refractivity contribution in [3.05, 3.63) is 127 Å². The minimum Gasteiger partial charge on any atom is -0.500 e. The monoisotopic (exact) mass is 731 g/mol. The van der Waals surface area contributed by atoms with E-state index in [0.717, 1.165) is 32.8 Å². The van der Waals surface area contributed by atoms with Crippen molar-refractivity contribution in [1.29, 1.82) is 0 Å². The molecular formula is C37H31IrN3O-2. The van der Waals surface area contributed by atoms with Crippen molar-refractivity contribution in [2.45, 2.75) is 34.0 Å². The predicted octanol–water partition coefficient (Wildman–Crippen LogP) is 9.44. The molecule has 7 rings (SSSR count). The zero-order chi connectivity index (χ0) is 32.7. The molecule has 0 saturated carbocycles. The van der Waals surface area contributed by atoms with Crippen LogP contribution in [0.2, 0.25) is 0 Å². The standard InChI is InChI=1S/C26H23N2O.C11H8N.Ir/c1-16-14-28-23(12-18(16)13-26(2,3)4)21-7-5-6-19-20-9-8-17-10-11-27-15-22(17)25(20)29-24(19)21;1-2-6-10(7-3-1)11-8-4-5-9-12-11;/h5-6,8-12,14-15H,13H2,1-4H3;1-6,8-9H;/q2*-1;/i1D3,13D2;;. The number of pyridine rings is 3. The van der Waals surface area contributed by atoms with Crippen LogP contribution in [0, 0.1) is 24.4 Å². The van der Waals surface area contributed by atoms with E-state index in [9.17, 15) is 0 Å². The molecule has 0 bridgehead atoms. The largest absolute Gasteiger partial charge is 0.500 e. The van der Waals surface area contributed by atoms with E-state index in [4.69, 9.17) is 11.3 Å². The average molecular weight is 731 g/mol. The molecule has 0 N–H and O–H groups in total. The Bertz CT molecular complexity index is 2120. The second-order valence-corrected chi connectivity index (χ2v) is 10.7. The van der Waals surface area contributed by atoms with Gasteiger partial charge in [-0.15, -0.1) is 54.1 Å². The smallest absolute Gasteiger partial charge is 0.130 e. The molecule has 0 unspecified atom stereocenters. The van der Waals surface area contributed by atoms with E-state index in [-0.39, 0.29) is 31.2 Å². The first kappa shape index (κ1) is 23.4. The van der Waals surface area contributed by atoms with E-state index in [1.807, 2.05) is 66.7 Å². The Hall–Kier alpha value is -4.18. The van der Waals surface area contributed by atoms with Crippen LogP contribution in [0.3, 0.4) is 0 Å². The van der Waals surface area contributed by atoms with Crippen molar-refractivity contribution < 1.29 is 31.4 Å². The van der Waals surface area contributed by atoms with E-state index < -0.39 is 18.6 Å². The third kappa shape index (κ3) is 6.18. The summed E-state index contributed by atoms with van der Waals surface area (Å²) in [5, 5.41) is 3.69. The summed E-state index contributed by atoms with van der Waals surface area (Å²) in [4.78, 5) is 12.9. The fourth-order valence-corrected chi connectivity index (χ4v) is 4.73. The first-order chi connectivity index (χ1) is 21.9. The molecule has 0 saturated heterocycles. The molecule has 0 spiro atoms. The number of aromatic nitrogens is 3. The fraction of sp³-hybridized carbons (Fsp3) is 0.162. The van der Waals surface area contributed by atoms with E-state index in [0.29, 0.717) is 22.4 Å². The first-order valence-corrected chi connectivity index (χ1v) is 13.4. The van der Waals surface area contributed by atoms with Crippen LogP contribution >= 0.6 is 0 Å². The molecule has 0 aliphatic heterocycles. The zero-order valence-corrected chi connectivity index (χ0v) is 25.8. The average Bonchev–Trinajstić information content (AvgIpc) is 3.44. The molecule has 7 aromatic rings. The van der Waals surface area contributed by atoms with Crippen LogP contribution in [0.15, 0.2) is 108 Å². The molecule has 0 atom stereocenters. The minimum atomic E-state index is -2.50. The van der Waals surface area contributed by atoms with Crippen molar-refractivity contribution in [3.8, 4) is 22.5 Å². The maximum Gasteiger partial charge on any atom is 0.130 e. The number of benzene rings is 3. The predicted molar refractivity (Wildman–Crippen MR) is 167 cm³/mol. The molecule has 0 aliphatic carbocycles. The fourth-order valence-electron chi connectivity index (χ4n) is 4.73. The van der Waals surface area contributed by atoms with Crippen molar-refractivity contribution in [3.63, 3.8) is 0 Å². The van der Waals surface area contributed by atoms with Gasteiger partial charge < -0.3 is 14.4 Å². The van der Waals surface area contributed by atoms with Gasteiger partial charge in [-0.05, 0) is 53.1 Å². The van der Waals surface area contributed by atoms with Gasteiger partial charge in [0, 0.05) is 62.5 Å². The van der Waals surface area contributed by atoms with Gasteiger partial charge in [0.2, 0.25) is 0 Å². The Kier molecular flexibility index (Phi) is 6.88. The van der Waals surface area contributed by atoms with Crippen LogP contribution in [0.5, 0.6) is 0 Å². The number of rotatable bonds is 3. The molecule has 0 aliphatic rings.